The maximum Gasteiger partial charge on any atom is 0.303 e. The minimum absolute atomic E-state index is 0.116. The van der Waals surface area contributed by atoms with Gasteiger partial charge in [0, 0.05) is 19.2 Å². The van der Waals surface area contributed by atoms with Crippen LogP contribution in [0.3, 0.4) is 0 Å². The molecular formula is C11H19N3O2. The minimum atomic E-state index is -0.797. The molecule has 0 atom stereocenters. The van der Waals surface area contributed by atoms with Crippen molar-refractivity contribution < 1.29 is 9.90 Å². The first-order valence-corrected chi connectivity index (χ1v) is 5.68. The third kappa shape index (κ3) is 4.91. The van der Waals surface area contributed by atoms with Gasteiger partial charge in [-0.15, -0.1) is 5.10 Å². The average Bonchev–Trinajstić information content (AvgIpc) is 2.62. The monoisotopic (exact) mass is 225 g/mol. The van der Waals surface area contributed by atoms with Crippen LogP contribution in [0.2, 0.25) is 0 Å². The molecule has 0 aliphatic rings. The first kappa shape index (κ1) is 12.7. The number of carboxylic acids is 1. The number of hydrogen-bond donors (Lipinski definition) is 1. The van der Waals surface area contributed by atoms with E-state index in [1.807, 2.05) is 6.20 Å². The van der Waals surface area contributed by atoms with Crippen LogP contribution in [0, 0.1) is 5.92 Å². The molecule has 0 spiro atoms. The SMILES string of the molecule is CC(C)CCCn1cc(CCC(=O)O)nn1. The van der Waals surface area contributed by atoms with Crippen molar-refractivity contribution in [2.45, 2.75) is 46.1 Å². The van der Waals surface area contributed by atoms with Gasteiger partial charge in [0.15, 0.2) is 0 Å². The molecule has 0 radical (unpaired) electrons. The summed E-state index contributed by atoms with van der Waals surface area (Å²) in [5, 5.41) is 16.4. The molecule has 1 N–H and O–H groups in total. The van der Waals surface area contributed by atoms with Gasteiger partial charge in [0.2, 0.25) is 0 Å². The number of aromatic nitrogens is 3. The molecule has 0 aromatic carbocycles. The lowest BCUT2D eigenvalue weighted by Crippen LogP contribution is -2.00. The fourth-order valence-corrected chi connectivity index (χ4v) is 1.46. The molecule has 0 fully saturated rings. The molecule has 5 heteroatoms. The van der Waals surface area contributed by atoms with Crippen LogP contribution in [-0.2, 0) is 17.8 Å². The van der Waals surface area contributed by atoms with E-state index in [0.717, 1.165) is 18.7 Å². The van der Waals surface area contributed by atoms with Gasteiger partial charge in [-0.3, -0.25) is 9.48 Å². The number of carbonyl (C=O) groups is 1. The number of nitrogens with zero attached hydrogens (tertiary/aromatic N) is 3. The first-order chi connectivity index (χ1) is 7.58. The summed E-state index contributed by atoms with van der Waals surface area (Å²) in [5.41, 5.74) is 0.756. The summed E-state index contributed by atoms with van der Waals surface area (Å²) in [6.45, 7) is 5.25. The average molecular weight is 225 g/mol. The van der Waals surface area contributed by atoms with Crippen molar-refractivity contribution in [1.82, 2.24) is 15.0 Å². The van der Waals surface area contributed by atoms with E-state index in [4.69, 9.17) is 5.11 Å². The molecule has 0 unspecified atom stereocenters. The Morgan fingerprint density at radius 3 is 2.94 bits per heavy atom. The molecule has 1 heterocycles. The summed E-state index contributed by atoms with van der Waals surface area (Å²) in [6, 6.07) is 0. The largest absolute Gasteiger partial charge is 0.481 e. The lowest BCUT2D eigenvalue weighted by Gasteiger charge is -2.03. The Hall–Kier alpha value is -1.39. The van der Waals surface area contributed by atoms with Crippen LogP contribution in [0.15, 0.2) is 6.20 Å². The zero-order valence-corrected chi connectivity index (χ0v) is 9.89. The number of aliphatic carboxylic acids is 1. The fourth-order valence-electron chi connectivity index (χ4n) is 1.46. The fraction of sp³-hybridized carbons (Fsp3) is 0.727. The number of hydrogen-bond acceptors (Lipinski definition) is 3. The summed E-state index contributed by atoms with van der Waals surface area (Å²) >= 11 is 0. The molecule has 1 rings (SSSR count). The second-order valence-electron chi connectivity index (χ2n) is 4.40. The van der Waals surface area contributed by atoms with Crippen LogP contribution in [-0.4, -0.2) is 26.1 Å². The van der Waals surface area contributed by atoms with E-state index in [9.17, 15) is 4.79 Å². The molecule has 0 bridgehead atoms. The van der Waals surface area contributed by atoms with Gasteiger partial charge in [-0.1, -0.05) is 19.1 Å². The summed E-state index contributed by atoms with van der Waals surface area (Å²) in [5.74, 6) is -0.0932. The highest BCUT2D eigenvalue weighted by Crippen LogP contribution is 2.05. The van der Waals surface area contributed by atoms with E-state index in [-0.39, 0.29) is 6.42 Å². The van der Waals surface area contributed by atoms with Crippen molar-refractivity contribution >= 4 is 5.97 Å². The topological polar surface area (TPSA) is 68.0 Å². The smallest absolute Gasteiger partial charge is 0.303 e. The van der Waals surface area contributed by atoms with Crippen LogP contribution < -0.4 is 0 Å². The van der Waals surface area contributed by atoms with Crippen molar-refractivity contribution in [2.24, 2.45) is 5.92 Å². The molecule has 0 amide bonds. The number of rotatable bonds is 7. The van der Waals surface area contributed by atoms with E-state index in [2.05, 4.69) is 24.2 Å². The van der Waals surface area contributed by atoms with Gasteiger partial charge >= 0.3 is 5.97 Å². The first-order valence-electron chi connectivity index (χ1n) is 5.68. The quantitative estimate of drug-likeness (QED) is 0.767. The molecule has 16 heavy (non-hydrogen) atoms. The highest BCUT2D eigenvalue weighted by atomic mass is 16.4. The van der Waals surface area contributed by atoms with Gasteiger partial charge < -0.3 is 5.11 Å². The summed E-state index contributed by atoms with van der Waals surface area (Å²) < 4.78 is 1.79. The third-order valence-electron chi connectivity index (χ3n) is 2.35. The molecule has 0 aliphatic heterocycles. The van der Waals surface area contributed by atoms with Gasteiger partial charge in [0.25, 0.3) is 0 Å². The molecular weight excluding hydrogens is 206 g/mol. The number of aryl methyl sites for hydroxylation is 2. The lowest BCUT2D eigenvalue weighted by atomic mass is 10.1. The predicted molar refractivity (Wildman–Crippen MR) is 60.1 cm³/mol. The van der Waals surface area contributed by atoms with E-state index < -0.39 is 5.97 Å². The number of carboxylic acid groups (broad SMARTS) is 1. The van der Waals surface area contributed by atoms with Gasteiger partial charge in [0.1, 0.15) is 0 Å². The van der Waals surface area contributed by atoms with Gasteiger partial charge in [-0.2, -0.15) is 0 Å². The Morgan fingerprint density at radius 1 is 1.56 bits per heavy atom. The zero-order chi connectivity index (χ0) is 12.0. The zero-order valence-electron chi connectivity index (χ0n) is 9.89. The molecule has 1 aromatic heterocycles. The van der Waals surface area contributed by atoms with Gasteiger partial charge in [-0.05, 0) is 18.8 Å². The highest BCUT2D eigenvalue weighted by Gasteiger charge is 2.04. The third-order valence-corrected chi connectivity index (χ3v) is 2.35. The second-order valence-corrected chi connectivity index (χ2v) is 4.40. The van der Waals surface area contributed by atoms with E-state index >= 15 is 0 Å². The molecule has 0 saturated heterocycles. The van der Waals surface area contributed by atoms with E-state index in [1.165, 1.54) is 6.42 Å². The van der Waals surface area contributed by atoms with Crippen molar-refractivity contribution in [3.8, 4) is 0 Å². The minimum Gasteiger partial charge on any atom is -0.481 e. The van der Waals surface area contributed by atoms with Gasteiger partial charge in [-0.25, -0.2) is 0 Å². The van der Waals surface area contributed by atoms with Crippen molar-refractivity contribution in [2.75, 3.05) is 0 Å². The Labute approximate surface area is 95.5 Å². The predicted octanol–water partition coefficient (Wildman–Crippen LogP) is 1.73. The maximum absolute atomic E-state index is 10.4. The molecule has 90 valence electrons. The summed E-state index contributed by atoms with van der Waals surface area (Å²) in [4.78, 5) is 10.4. The Bertz CT molecular complexity index is 334. The van der Waals surface area contributed by atoms with Crippen LogP contribution in [0.4, 0.5) is 0 Å². The van der Waals surface area contributed by atoms with Gasteiger partial charge in [0.05, 0.1) is 12.1 Å². The van der Waals surface area contributed by atoms with E-state index in [0.29, 0.717) is 12.3 Å². The molecule has 0 aliphatic carbocycles. The van der Waals surface area contributed by atoms with Crippen molar-refractivity contribution in [3.05, 3.63) is 11.9 Å². The summed E-state index contributed by atoms with van der Waals surface area (Å²) in [7, 11) is 0. The molecule has 5 nitrogen and oxygen atoms in total. The highest BCUT2D eigenvalue weighted by molar-refractivity contribution is 5.66. The van der Waals surface area contributed by atoms with Crippen LogP contribution >= 0.6 is 0 Å². The Balaban J connectivity index is 2.30. The maximum atomic E-state index is 10.4. The lowest BCUT2D eigenvalue weighted by molar-refractivity contribution is -0.136. The Kier molecular flexibility index (Phi) is 4.95. The van der Waals surface area contributed by atoms with E-state index in [1.54, 1.807) is 4.68 Å². The molecule has 1 aromatic rings. The standard InChI is InChI=1S/C11H19N3O2/c1-9(2)4-3-7-14-8-10(12-13-14)5-6-11(15)16/h8-9H,3-7H2,1-2H3,(H,15,16). The summed E-state index contributed by atoms with van der Waals surface area (Å²) in [6.07, 6.45) is 4.66. The van der Waals surface area contributed by atoms with Crippen LogP contribution in [0.1, 0.15) is 38.8 Å². The second kappa shape index (κ2) is 6.25. The normalized spacial score (nSPS) is 10.9. The van der Waals surface area contributed by atoms with Crippen molar-refractivity contribution in [3.63, 3.8) is 0 Å². The van der Waals surface area contributed by atoms with Crippen LogP contribution in [0.5, 0.6) is 0 Å². The Morgan fingerprint density at radius 2 is 2.31 bits per heavy atom. The molecule has 0 saturated carbocycles. The van der Waals surface area contributed by atoms with Crippen LogP contribution in [0.25, 0.3) is 0 Å². The van der Waals surface area contributed by atoms with Crippen molar-refractivity contribution in [1.29, 1.82) is 0 Å².